The lowest BCUT2D eigenvalue weighted by molar-refractivity contribution is 0.371. The van der Waals surface area contributed by atoms with Crippen LogP contribution in [0.25, 0.3) is 0 Å². The maximum atomic E-state index is 6.27. The first-order valence-corrected chi connectivity index (χ1v) is 7.43. The molecular weight excluding hydrogens is 244 g/mol. The fourth-order valence-electron chi connectivity index (χ4n) is 2.26. The molecule has 0 saturated heterocycles. The van der Waals surface area contributed by atoms with Crippen molar-refractivity contribution >= 4 is 11.6 Å². The third kappa shape index (κ3) is 4.58. The van der Waals surface area contributed by atoms with Gasteiger partial charge in [0.25, 0.3) is 0 Å². The molecule has 2 nitrogen and oxygen atoms in total. The van der Waals surface area contributed by atoms with Crippen LogP contribution in [-0.4, -0.2) is 11.5 Å². The predicted molar refractivity (Wildman–Crippen MR) is 79.0 cm³/mol. The molecular formula is C15H25ClN2. The highest BCUT2D eigenvalue weighted by molar-refractivity contribution is 6.31. The van der Waals surface area contributed by atoms with Crippen molar-refractivity contribution in [1.29, 1.82) is 0 Å². The van der Waals surface area contributed by atoms with Gasteiger partial charge in [0.15, 0.2) is 0 Å². The normalized spacial score (nSPS) is 12.9. The molecule has 1 atom stereocenters. The van der Waals surface area contributed by atoms with E-state index in [0.717, 1.165) is 30.3 Å². The van der Waals surface area contributed by atoms with Gasteiger partial charge in [-0.2, -0.15) is 0 Å². The monoisotopic (exact) mass is 268 g/mol. The fourth-order valence-corrected chi connectivity index (χ4v) is 2.51. The number of nitrogens with zero attached hydrogens (tertiary/aromatic N) is 1. The van der Waals surface area contributed by atoms with Crippen LogP contribution in [0.3, 0.4) is 0 Å². The molecule has 1 aromatic heterocycles. The summed E-state index contributed by atoms with van der Waals surface area (Å²) in [5.74, 6) is 0.753. The molecule has 0 bridgehead atoms. The Kier molecular flexibility index (Phi) is 7.29. The Balaban J connectivity index is 2.80. The number of pyridine rings is 1. The second kappa shape index (κ2) is 8.49. The highest BCUT2D eigenvalue weighted by atomic mass is 35.5. The standard InChI is InChI=1S/C15H25ClN2/c1-4-8-18-15(10-12(5-2)6-3)13-7-9-17-11-14(13)16/h7,9,11-12,15,18H,4-6,8,10H2,1-3H3. The van der Waals surface area contributed by atoms with Gasteiger partial charge in [0.05, 0.1) is 5.02 Å². The van der Waals surface area contributed by atoms with Crippen molar-refractivity contribution in [3.05, 3.63) is 29.0 Å². The van der Waals surface area contributed by atoms with Crippen LogP contribution in [0.4, 0.5) is 0 Å². The number of aromatic nitrogens is 1. The van der Waals surface area contributed by atoms with Gasteiger partial charge >= 0.3 is 0 Å². The van der Waals surface area contributed by atoms with Gasteiger partial charge in [0, 0.05) is 18.4 Å². The number of nitrogens with one attached hydrogen (secondary N) is 1. The number of hydrogen-bond acceptors (Lipinski definition) is 2. The molecule has 0 saturated carbocycles. The van der Waals surface area contributed by atoms with E-state index in [-0.39, 0.29) is 0 Å². The van der Waals surface area contributed by atoms with Gasteiger partial charge in [0.1, 0.15) is 0 Å². The third-order valence-corrected chi connectivity index (χ3v) is 3.86. The first-order chi connectivity index (χ1) is 8.72. The number of hydrogen-bond donors (Lipinski definition) is 1. The maximum absolute atomic E-state index is 6.27. The Hall–Kier alpha value is -0.600. The van der Waals surface area contributed by atoms with Crippen molar-refractivity contribution in [3.8, 4) is 0 Å². The Labute approximate surface area is 116 Å². The van der Waals surface area contributed by atoms with E-state index in [1.165, 1.54) is 18.4 Å². The van der Waals surface area contributed by atoms with Crippen LogP contribution in [0.1, 0.15) is 58.1 Å². The average molecular weight is 269 g/mol. The van der Waals surface area contributed by atoms with Crippen molar-refractivity contribution in [3.63, 3.8) is 0 Å². The minimum absolute atomic E-state index is 0.352. The lowest BCUT2D eigenvalue weighted by atomic mass is 9.91. The molecule has 1 rings (SSSR count). The molecule has 1 unspecified atom stereocenters. The molecule has 1 heterocycles. The van der Waals surface area contributed by atoms with E-state index in [1.54, 1.807) is 6.20 Å². The highest BCUT2D eigenvalue weighted by Gasteiger charge is 2.17. The summed E-state index contributed by atoms with van der Waals surface area (Å²) >= 11 is 6.27. The van der Waals surface area contributed by atoms with Gasteiger partial charge in [-0.15, -0.1) is 0 Å². The summed E-state index contributed by atoms with van der Waals surface area (Å²) < 4.78 is 0. The van der Waals surface area contributed by atoms with Crippen molar-refractivity contribution in [2.24, 2.45) is 5.92 Å². The zero-order chi connectivity index (χ0) is 13.4. The lowest BCUT2D eigenvalue weighted by Gasteiger charge is -2.24. The SMILES string of the molecule is CCCNC(CC(CC)CC)c1ccncc1Cl. The van der Waals surface area contributed by atoms with E-state index < -0.39 is 0 Å². The van der Waals surface area contributed by atoms with Crippen LogP contribution in [0.5, 0.6) is 0 Å². The Morgan fingerprint density at radius 2 is 2.00 bits per heavy atom. The molecule has 0 aromatic carbocycles. The smallest absolute Gasteiger partial charge is 0.0637 e. The van der Waals surface area contributed by atoms with Gasteiger partial charge in [-0.3, -0.25) is 4.98 Å². The molecule has 0 spiro atoms. The van der Waals surface area contributed by atoms with Crippen molar-refractivity contribution in [1.82, 2.24) is 10.3 Å². The predicted octanol–water partition coefficient (Wildman–Crippen LogP) is 4.60. The lowest BCUT2D eigenvalue weighted by Crippen LogP contribution is -2.24. The molecule has 0 aliphatic rings. The summed E-state index contributed by atoms with van der Waals surface area (Å²) in [7, 11) is 0. The zero-order valence-electron chi connectivity index (χ0n) is 11.7. The summed E-state index contributed by atoms with van der Waals surface area (Å²) in [6.07, 6.45) is 8.31. The van der Waals surface area contributed by atoms with E-state index in [2.05, 4.69) is 31.1 Å². The number of halogens is 1. The molecule has 0 fully saturated rings. The number of rotatable bonds is 8. The molecule has 0 radical (unpaired) electrons. The summed E-state index contributed by atoms with van der Waals surface area (Å²) in [4.78, 5) is 4.07. The Bertz CT molecular complexity index is 337. The molecule has 0 aliphatic heterocycles. The van der Waals surface area contributed by atoms with Crippen LogP contribution >= 0.6 is 11.6 Å². The molecule has 0 amide bonds. The average Bonchev–Trinajstić information content (AvgIpc) is 2.40. The zero-order valence-corrected chi connectivity index (χ0v) is 12.5. The minimum Gasteiger partial charge on any atom is -0.310 e. The van der Waals surface area contributed by atoms with E-state index >= 15 is 0 Å². The second-order valence-electron chi connectivity index (χ2n) is 4.82. The van der Waals surface area contributed by atoms with E-state index in [0.29, 0.717) is 6.04 Å². The fraction of sp³-hybridized carbons (Fsp3) is 0.667. The van der Waals surface area contributed by atoms with Gasteiger partial charge in [-0.25, -0.2) is 0 Å². The first-order valence-electron chi connectivity index (χ1n) is 7.05. The molecule has 102 valence electrons. The molecule has 18 heavy (non-hydrogen) atoms. The van der Waals surface area contributed by atoms with Crippen molar-refractivity contribution in [2.45, 2.75) is 52.5 Å². The largest absolute Gasteiger partial charge is 0.310 e. The van der Waals surface area contributed by atoms with Crippen molar-refractivity contribution in [2.75, 3.05) is 6.54 Å². The summed E-state index contributed by atoms with van der Waals surface area (Å²) in [5, 5.41) is 4.39. The summed E-state index contributed by atoms with van der Waals surface area (Å²) in [6, 6.07) is 2.39. The van der Waals surface area contributed by atoms with Gasteiger partial charge in [0.2, 0.25) is 0 Å². The Morgan fingerprint density at radius 1 is 1.28 bits per heavy atom. The van der Waals surface area contributed by atoms with E-state index in [9.17, 15) is 0 Å². The van der Waals surface area contributed by atoms with Gasteiger partial charge in [-0.05, 0) is 36.9 Å². The highest BCUT2D eigenvalue weighted by Crippen LogP contribution is 2.29. The van der Waals surface area contributed by atoms with Crippen LogP contribution < -0.4 is 5.32 Å². The molecule has 1 aromatic rings. The summed E-state index contributed by atoms with van der Waals surface area (Å²) in [5.41, 5.74) is 1.19. The van der Waals surface area contributed by atoms with Crippen LogP contribution in [-0.2, 0) is 0 Å². The van der Waals surface area contributed by atoms with E-state index in [4.69, 9.17) is 11.6 Å². The van der Waals surface area contributed by atoms with Gasteiger partial charge in [-0.1, -0.05) is 45.2 Å². The maximum Gasteiger partial charge on any atom is 0.0637 e. The molecule has 1 N–H and O–H groups in total. The van der Waals surface area contributed by atoms with Crippen LogP contribution in [0.15, 0.2) is 18.5 Å². The Morgan fingerprint density at radius 3 is 2.56 bits per heavy atom. The molecule has 0 aliphatic carbocycles. The van der Waals surface area contributed by atoms with E-state index in [1.807, 2.05) is 12.3 Å². The first kappa shape index (κ1) is 15.5. The minimum atomic E-state index is 0.352. The second-order valence-corrected chi connectivity index (χ2v) is 5.23. The summed E-state index contributed by atoms with van der Waals surface area (Å²) in [6.45, 7) is 7.75. The van der Waals surface area contributed by atoms with Crippen LogP contribution in [0.2, 0.25) is 5.02 Å². The van der Waals surface area contributed by atoms with Gasteiger partial charge < -0.3 is 5.32 Å². The third-order valence-electron chi connectivity index (χ3n) is 3.54. The van der Waals surface area contributed by atoms with Crippen molar-refractivity contribution < 1.29 is 0 Å². The topological polar surface area (TPSA) is 24.9 Å². The van der Waals surface area contributed by atoms with Crippen LogP contribution in [0, 0.1) is 5.92 Å². The molecule has 3 heteroatoms. The quantitative estimate of drug-likeness (QED) is 0.745.